The summed E-state index contributed by atoms with van der Waals surface area (Å²) in [6, 6.07) is 6.43. The fourth-order valence-corrected chi connectivity index (χ4v) is 2.55. The van der Waals surface area contributed by atoms with Crippen LogP contribution in [-0.2, 0) is 10.3 Å². The van der Waals surface area contributed by atoms with E-state index in [1.807, 2.05) is 52.0 Å². The number of benzene rings is 1. The molecule has 146 valence electrons. The maximum Gasteiger partial charge on any atom is 0.326 e. The molecule has 1 aromatic carbocycles. The number of nitrogens with zero attached hydrogens (tertiary/aromatic N) is 3. The molecule has 0 fully saturated rings. The van der Waals surface area contributed by atoms with E-state index in [2.05, 4.69) is 5.10 Å². The molecule has 1 amide bonds. The third-order valence-electron chi connectivity index (χ3n) is 4.33. The second kappa shape index (κ2) is 7.82. The molecular weight excluding hydrogens is 346 g/mol. The number of carbonyl (C=O) groups excluding carboxylic acids is 1. The number of likely N-dealkylation sites (N-methyl/N-ethyl adjacent to an activating group) is 1. The molecule has 0 unspecified atom stereocenters. The number of amides is 1. The summed E-state index contributed by atoms with van der Waals surface area (Å²) in [5.74, 6) is -0.839. The van der Waals surface area contributed by atoms with Gasteiger partial charge in [0.1, 0.15) is 17.5 Å². The number of para-hydroxylation sites is 1. The lowest BCUT2D eigenvalue weighted by molar-refractivity contribution is -0.141. The third kappa shape index (κ3) is 4.30. The minimum absolute atomic E-state index is 0.340. The van der Waals surface area contributed by atoms with Crippen molar-refractivity contribution < 1.29 is 19.4 Å². The fourth-order valence-electron chi connectivity index (χ4n) is 2.55. The summed E-state index contributed by atoms with van der Waals surface area (Å²) < 4.78 is 7.42. The first-order valence-electron chi connectivity index (χ1n) is 8.90. The summed E-state index contributed by atoms with van der Waals surface area (Å²) in [5.41, 5.74) is 1.17. The van der Waals surface area contributed by atoms with E-state index >= 15 is 0 Å². The van der Waals surface area contributed by atoms with Crippen molar-refractivity contribution in [3.63, 3.8) is 0 Å². The Hall–Kier alpha value is -2.83. The van der Waals surface area contributed by atoms with Crippen molar-refractivity contribution in [2.45, 2.75) is 46.2 Å². The highest BCUT2D eigenvalue weighted by atomic mass is 16.5. The molecule has 0 bridgehead atoms. The van der Waals surface area contributed by atoms with Crippen LogP contribution in [0.3, 0.4) is 0 Å². The van der Waals surface area contributed by atoms with Crippen LogP contribution in [0, 0.1) is 0 Å². The van der Waals surface area contributed by atoms with Gasteiger partial charge >= 0.3 is 5.97 Å². The van der Waals surface area contributed by atoms with Gasteiger partial charge in [-0.3, -0.25) is 9.48 Å². The van der Waals surface area contributed by atoms with Crippen LogP contribution in [0.4, 0.5) is 0 Å². The normalized spacial score (nSPS) is 12.5. The second-order valence-corrected chi connectivity index (χ2v) is 7.37. The number of hydrogen-bond donors (Lipinski definition) is 1. The van der Waals surface area contributed by atoms with Crippen molar-refractivity contribution in [1.29, 1.82) is 0 Å². The quantitative estimate of drug-likeness (QED) is 0.840. The van der Waals surface area contributed by atoms with Crippen molar-refractivity contribution in [3.05, 3.63) is 36.0 Å². The summed E-state index contributed by atoms with van der Waals surface area (Å²) in [6.45, 7) is 9.79. The smallest absolute Gasteiger partial charge is 0.326 e. The molecule has 0 spiro atoms. The Morgan fingerprint density at radius 2 is 1.93 bits per heavy atom. The molecule has 0 aliphatic carbocycles. The van der Waals surface area contributed by atoms with E-state index in [1.165, 1.54) is 18.9 Å². The van der Waals surface area contributed by atoms with Gasteiger partial charge in [0.25, 0.3) is 5.91 Å². The number of carboxylic acids is 1. The second-order valence-electron chi connectivity index (χ2n) is 7.37. The highest BCUT2D eigenvalue weighted by Gasteiger charge is 2.29. The van der Waals surface area contributed by atoms with E-state index in [0.717, 1.165) is 0 Å². The topological polar surface area (TPSA) is 84.7 Å². The van der Waals surface area contributed by atoms with Gasteiger partial charge in [-0.15, -0.1) is 0 Å². The predicted octanol–water partition coefficient (Wildman–Crippen LogP) is 3.25. The van der Waals surface area contributed by atoms with E-state index in [9.17, 15) is 14.7 Å². The Labute approximate surface area is 159 Å². The molecule has 1 heterocycles. The molecule has 1 N–H and O–H groups in total. The van der Waals surface area contributed by atoms with Crippen LogP contribution in [0.25, 0.3) is 11.3 Å². The Balaban J connectivity index is 2.63. The molecule has 2 rings (SSSR count). The molecule has 0 aliphatic heterocycles. The van der Waals surface area contributed by atoms with Crippen LogP contribution in [0.5, 0.6) is 5.75 Å². The minimum Gasteiger partial charge on any atom is -0.493 e. The standard InChI is InChI=1S/C20H27N3O4/c1-7-27-16-11-9-8-10-14(16)17-15(12-23(21-17)20(3,4)5)18(24)22(6)13(2)19(25)26/h8-13H,7H2,1-6H3,(H,25,26)/t13-/m0/s1. The van der Waals surface area contributed by atoms with Gasteiger partial charge in [0.2, 0.25) is 0 Å². The molecule has 1 atom stereocenters. The molecule has 0 saturated carbocycles. The van der Waals surface area contributed by atoms with Crippen LogP contribution < -0.4 is 4.74 Å². The lowest BCUT2D eigenvalue weighted by atomic mass is 10.1. The molecule has 0 saturated heterocycles. The van der Waals surface area contributed by atoms with Crippen molar-refractivity contribution in [2.24, 2.45) is 0 Å². The summed E-state index contributed by atoms with van der Waals surface area (Å²) in [4.78, 5) is 25.6. The van der Waals surface area contributed by atoms with Gasteiger partial charge in [0.15, 0.2) is 0 Å². The first-order valence-corrected chi connectivity index (χ1v) is 8.90. The number of carbonyl (C=O) groups is 2. The van der Waals surface area contributed by atoms with Crippen molar-refractivity contribution in [2.75, 3.05) is 13.7 Å². The number of hydrogen-bond acceptors (Lipinski definition) is 4. The summed E-state index contributed by atoms with van der Waals surface area (Å²) in [7, 11) is 1.48. The monoisotopic (exact) mass is 373 g/mol. The molecule has 0 aliphatic rings. The maximum absolute atomic E-state index is 13.1. The molecule has 1 aromatic heterocycles. The van der Waals surface area contributed by atoms with E-state index < -0.39 is 17.9 Å². The largest absolute Gasteiger partial charge is 0.493 e. The molecule has 7 nitrogen and oxygen atoms in total. The average Bonchev–Trinajstić information content (AvgIpc) is 3.06. The number of carboxylic acid groups (broad SMARTS) is 1. The van der Waals surface area contributed by atoms with Crippen LogP contribution in [0.2, 0.25) is 0 Å². The van der Waals surface area contributed by atoms with Crippen molar-refractivity contribution in [3.8, 4) is 17.0 Å². The minimum atomic E-state index is -1.06. The Morgan fingerprint density at radius 3 is 2.48 bits per heavy atom. The molecule has 27 heavy (non-hydrogen) atoms. The van der Waals surface area contributed by atoms with Gasteiger partial charge in [-0.2, -0.15) is 5.10 Å². The zero-order valence-electron chi connectivity index (χ0n) is 16.7. The lowest BCUT2D eigenvalue weighted by Crippen LogP contribution is -2.40. The number of aliphatic carboxylic acids is 1. The van der Waals surface area contributed by atoms with Gasteiger partial charge < -0.3 is 14.7 Å². The van der Waals surface area contributed by atoms with Crippen LogP contribution in [0.1, 0.15) is 45.0 Å². The molecule has 0 radical (unpaired) electrons. The van der Waals surface area contributed by atoms with E-state index in [1.54, 1.807) is 10.9 Å². The van der Waals surface area contributed by atoms with Crippen molar-refractivity contribution in [1.82, 2.24) is 14.7 Å². The fraction of sp³-hybridized carbons (Fsp3) is 0.450. The van der Waals surface area contributed by atoms with E-state index in [0.29, 0.717) is 29.2 Å². The van der Waals surface area contributed by atoms with Gasteiger partial charge in [-0.1, -0.05) is 12.1 Å². The average molecular weight is 373 g/mol. The van der Waals surface area contributed by atoms with Gasteiger partial charge in [-0.25, -0.2) is 4.79 Å². The zero-order valence-corrected chi connectivity index (χ0v) is 16.7. The van der Waals surface area contributed by atoms with Gasteiger partial charge in [-0.05, 0) is 46.8 Å². The summed E-state index contributed by atoms with van der Waals surface area (Å²) in [5, 5.41) is 13.9. The molecule has 2 aromatic rings. The Kier molecular flexibility index (Phi) is 5.93. The first kappa shape index (κ1) is 20.5. The number of ether oxygens (including phenoxy) is 1. The van der Waals surface area contributed by atoms with Crippen LogP contribution in [0.15, 0.2) is 30.5 Å². The third-order valence-corrected chi connectivity index (χ3v) is 4.33. The Morgan fingerprint density at radius 1 is 1.30 bits per heavy atom. The number of rotatable bonds is 6. The summed E-state index contributed by atoms with van der Waals surface area (Å²) >= 11 is 0. The lowest BCUT2D eigenvalue weighted by Gasteiger charge is -2.21. The van der Waals surface area contributed by atoms with Gasteiger partial charge in [0.05, 0.1) is 17.7 Å². The van der Waals surface area contributed by atoms with E-state index in [-0.39, 0.29) is 5.54 Å². The van der Waals surface area contributed by atoms with Crippen LogP contribution >= 0.6 is 0 Å². The predicted molar refractivity (Wildman–Crippen MR) is 103 cm³/mol. The van der Waals surface area contributed by atoms with Crippen LogP contribution in [-0.4, -0.2) is 51.4 Å². The van der Waals surface area contributed by atoms with E-state index in [4.69, 9.17) is 4.74 Å². The van der Waals surface area contributed by atoms with Gasteiger partial charge in [0, 0.05) is 18.8 Å². The summed E-state index contributed by atoms with van der Waals surface area (Å²) in [6.07, 6.45) is 1.67. The highest BCUT2D eigenvalue weighted by Crippen LogP contribution is 2.33. The zero-order chi connectivity index (χ0) is 20.4. The Bertz CT molecular complexity index is 836. The maximum atomic E-state index is 13.1. The first-order chi connectivity index (χ1) is 12.6. The highest BCUT2D eigenvalue weighted by molar-refractivity contribution is 6.01. The number of aromatic nitrogens is 2. The van der Waals surface area contributed by atoms with Crippen molar-refractivity contribution >= 4 is 11.9 Å². The molecule has 7 heteroatoms. The molecular formula is C20H27N3O4. The SMILES string of the molecule is CCOc1ccccc1-c1nn(C(C)(C)C)cc1C(=O)N(C)[C@@H](C)C(=O)O.